The molecule has 0 unspecified atom stereocenters. The van der Waals surface area contributed by atoms with Crippen molar-refractivity contribution in [2.24, 2.45) is 0 Å². The molecule has 0 saturated heterocycles. The van der Waals surface area contributed by atoms with Crippen LogP contribution in [0.1, 0.15) is 5.69 Å². The van der Waals surface area contributed by atoms with Gasteiger partial charge in [0.15, 0.2) is 11.3 Å². The second-order valence-electron chi connectivity index (χ2n) is 5.70. The van der Waals surface area contributed by atoms with E-state index in [1.54, 1.807) is 24.3 Å². The summed E-state index contributed by atoms with van der Waals surface area (Å²) in [5, 5.41) is 13.6. The first-order valence-electron chi connectivity index (χ1n) is 7.87. The van der Waals surface area contributed by atoms with Crippen LogP contribution in [0, 0.1) is 11.3 Å². The zero-order valence-electron chi connectivity index (χ0n) is 13.8. The Morgan fingerprint density at radius 1 is 1.19 bits per heavy atom. The van der Waals surface area contributed by atoms with Crippen LogP contribution in [0.15, 0.2) is 43.0 Å². The van der Waals surface area contributed by atoms with Gasteiger partial charge in [0.25, 0.3) is 6.43 Å². The third kappa shape index (κ3) is 2.95. The fourth-order valence-electron chi connectivity index (χ4n) is 2.82. The number of nitrogens with two attached hydrogens (primary N) is 1. The van der Waals surface area contributed by atoms with Crippen molar-refractivity contribution in [2.75, 3.05) is 5.73 Å². The number of nitriles is 1. The third-order valence-electron chi connectivity index (χ3n) is 3.95. The predicted molar refractivity (Wildman–Crippen MR) is 92.6 cm³/mol. The van der Waals surface area contributed by atoms with Gasteiger partial charge in [-0.05, 0) is 24.3 Å². The highest BCUT2D eigenvalue weighted by atomic mass is 19.3. The van der Waals surface area contributed by atoms with Crippen molar-refractivity contribution in [1.82, 2.24) is 29.1 Å². The summed E-state index contributed by atoms with van der Waals surface area (Å²) in [5.74, 6) is 0.284. The average Bonchev–Trinajstić information content (AvgIpc) is 3.24. The van der Waals surface area contributed by atoms with Crippen LogP contribution in [0.5, 0.6) is 0 Å². The van der Waals surface area contributed by atoms with E-state index < -0.39 is 13.0 Å². The van der Waals surface area contributed by atoms with Crippen LogP contribution in [-0.2, 0) is 6.54 Å². The van der Waals surface area contributed by atoms with Gasteiger partial charge in [-0.2, -0.15) is 10.4 Å². The van der Waals surface area contributed by atoms with Gasteiger partial charge in [0.2, 0.25) is 0 Å². The van der Waals surface area contributed by atoms with Gasteiger partial charge in [-0.1, -0.05) is 0 Å². The van der Waals surface area contributed by atoms with Crippen molar-refractivity contribution in [3.63, 3.8) is 0 Å². The molecule has 10 heteroatoms. The van der Waals surface area contributed by atoms with E-state index in [0.717, 1.165) is 0 Å². The largest absolute Gasteiger partial charge is 0.384 e. The van der Waals surface area contributed by atoms with E-state index in [0.29, 0.717) is 28.3 Å². The Hall–Kier alpha value is -3.87. The lowest BCUT2D eigenvalue weighted by Crippen LogP contribution is -2.08. The molecular weight excluding hydrogens is 354 g/mol. The van der Waals surface area contributed by atoms with Gasteiger partial charge >= 0.3 is 0 Å². The molecule has 8 nitrogen and oxygen atoms in total. The van der Waals surface area contributed by atoms with Crippen LogP contribution in [0.4, 0.5) is 14.6 Å². The first kappa shape index (κ1) is 16.6. The van der Waals surface area contributed by atoms with Crippen LogP contribution in [0.25, 0.3) is 28.3 Å². The summed E-state index contributed by atoms with van der Waals surface area (Å²) in [6.07, 6.45) is 1.67. The van der Waals surface area contributed by atoms with E-state index in [4.69, 9.17) is 5.73 Å². The van der Waals surface area contributed by atoms with Gasteiger partial charge in [0.1, 0.15) is 17.6 Å². The smallest absolute Gasteiger partial charge is 0.256 e. The number of pyridine rings is 1. The molecule has 0 fully saturated rings. The Morgan fingerprint density at radius 3 is 2.78 bits per heavy atom. The van der Waals surface area contributed by atoms with Gasteiger partial charge in [-0.3, -0.25) is 0 Å². The lowest BCUT2D eigenvalue weighted by atomic mass is 10.1. The Kier molecular flexibility index (Phi) is 3.97. The number of fused-ring (bicyclic) bond motifs is 1. The molecule has 0 aliphatic carbocycles. The molecule has 2 N–H and O–H groups in total. The lowest BCUT2D eigenvalue weighted by Gasteiger charge is -2.10. The number of anilines is 1. The van der Waals surface area contributed by atoms with E-state index in [1.165, 1.54) is 27.8 Å². The van der Waals surface area contributed by atoms with Gasteiger partial charge in [-0.15, -0.1) is 0 Å². The van der Waals surface area contributed by atoms with E-state index in [1.807, 2.05) is 6.07 Å². The quantitative estimate of drug-likeness (QED) is 0.594. The zero-order valence-corrected chi connectivity index (χ0v) is 13.8. The molecule has 0 amide bonds. The maximum atomic E-state index is 13.1. The zero-order chi connectivity index (χ0) is 19.0. The van der Waals surface area contributed by atoms with Gasteiger partial charge in [-0.25, -0.2) is 28.2 Å². The van der Waals surface area contributed by atoms with Crippen LogP contribution in [0.2, 0.25) is 0 Å². The van der Waals surface area contributed by atoms with Crippen LogP contribution >= 0.6 is 0 Å². The summed E-state index contributed by atoms with van der Waals surface area (Å²) in [6, 6.07) is 8.60. The molecule has 4 heterocycles. The second-order valence-corrected chi connectivity index (χ2v) is 5.70. The number of imidazole rings is 2. The average molecular weight is 366 g/mol. The van der Waals surface area contributed by atoms with Crippen molar-refractivity contribution in [3.05, 3.63) is 48.7 Å². The molecular formula is C17H12F2N8. The van der Waals surface area contributed by atoms with Crippen LogP contribution < -0.4 is 5.73 Å². The fraction of sp³-hybridized carbons (Fsp3) is 0.118. The van der Waals surface area contributed by atoms with Gasteiger partial charge in [0, 0.05) is 11.8 Å². The summed E-state index contributed by atoms with van der Waals surface area (Å²) in [4.78, 5) is 12.3. The van der Waals surface area contributed by atoms with Crippen molar-refractivity contribution in [3.8, 4) is 28.7 Å². The Balaban J connectivity index is 1.95. The fourth-order valence-corrected chi connectivity index (χ4v) is 2.82. The highest BCUT2D eigenvalue weighted by Crippen LogP contribution is 2.31. The number of rotatable bonds is 4. The van der Waals surface area contributed by atoms with Gasteiger partial charge in [0.05, 0.1) is 30.5 Å². The van der Waals surface area contributed by atoms with Crippen molar-refractivity contribution in [2.45, 2.75) is 13.0 Å². The molecule has 0 saturated carbocycles. The molecule has 27 heavy (non-hydrogen) atoms. The third-order valence-corrected chi connectivity index (χ3v) is 3.95. The molecule has 0 aromatic carbocycles. The first-order chi connectivity index (χ1) is 13.1. The maximum Gasteiger partial charge on any atom is 0.256 e. The minimum absolute atomic E-state index is 0.237. The number of halogens is 2. The molecule has 0 radical (unpaired) electrons. The number of nitrogen functional groups attached to an aromatic ring is 1. The summed E-state index contributed by atoms with van der Waals surface area (Å²) in [6.45, 7) is -0.544. The van der Waals surface area contributed by atoms with Gasteiger partial charge < -0.3 is 10.3 Å². The number of nitrogens with zero attached hydrogens (tertiary/aromatic N) is 7. The van der Waals surface area contributed by atoms with E-state index >= 15 is 0 Å². The molecule has 0 atom stereocenters. The van der Waals surface area contributed by atoms with E-state index in [-0.39, 0.29) is 11.5 Å². The van der Waals surface area contributed by atoms with Crippen molar-refractivity contribution < 1.29 is 8.78 Å². The normalized spacial score (nSPS) is 11.2. The maximum absolute atomic E-state index is 13.1. The Bertz CT molecular complexity index is 1170. The minimum atomic E-state index is -2.57. The summed E-state index contributed by atoms with van der Waals surface area (Å²) < 4.78 is 28.8. The first-order valence-corrected chi connectivity index (χ1v) is 7.87. The molecule has 0 bridgehead atoms. The molecule has 134 valence electrons. The minimum Gasteiger partial charge on any atom is -0.384 e. The monoisotopic (exact) mass is 366 g/mol. The standard InChI is InChI=1S/C17H12F2N8/c18-13(19)8-26-9-24-16(10-3-4-22-14(21)5-10)17(26)12-1-2-15-23-7-11(6-20)27(15)25-12/h1-5,7,9,13H,8H2,(H2,21,22). The highest BCUT2D eigenvalue weighted by Gasteiger charge is 2.20. The number of alkyl halides is 2. The lowest BCUT2D eigenvalue weighted by molar-refractivity contribution is 0.127. The molecule has 0 spiro atoms. The molecule has 0 aliphatic rings. The van der Waals surface area contributed by atoms with Crippen molar-refractivity contribution >= 4 is 11.5 Å². The summed E-state index contributed by atoms with van der Waals surface area (Å²) >= 11 is 0. The summed E-state index contributed by atoms with van der Waals surface area (Å²) in [5.41, 5.74) is 8.28. The summed E-state index contributed by atoms with van der Waals surface area (Å²) in [7, 11) is 0. The molecule has 4 aromatic heterocycles. The Morgan fingerprint density at radius 2 is 2.04 bits per heavy atom. The Labute approximate surface area is 151 Å². The number of hydrogen-bond acceptors (Lipinski definition) is 6. The number of aromatic nitrogens is 6. The topological polar surface area (TPSA) is 111 Å². The van der Waals surface area contributed by atoms with Crippen LogP contribution in [-0.4, -0.2) is 35.6 Å². The number of hydrogen-bond donors (Lipinski definition) is 1. The van der Waals surface area contributed by atoms with E-state index in [2.05, 4.69) is 20.1 Å². The highest BCUT2D eigenvalue weighted by molar-refractivity contribution is 5.78. The van der Waals surface area contributed by atoms with Crippen LogP contribution in [0.3, 0.4) is 0 Å². The SMILES string of the molecule is N#Cc1cnc2ccc(-c3c(-c4ccnc(N)c4)ncn3CC(F)F)nn12. The molecule has 4 aromatic rings. The molecule has 4 rings (SSSR count). The predicted octanol–water partition coefficient (Wildman–Crippen LogP) is 2.37. The molecule has 0 aliphatic heterocycles. The van der Waals surface area contributed by atoms with E-state index in [9.17, 15) is 14.0 Å². The van der Waals surface area contributed by atoms with Crippen molar-refractivity contribution in [1.29, 1.82) is 5.26 Å². The second kappa shape index (κ2) is 6.45.